The van der Waals surface area contributed by atoms with Crippen molar-refractivity contribution in [2.24, 2.45) is 5.92 Å². The lowest BCUT2D eigenvalue weighted by Crippen LogP contribution is -2.31. The van der Waals surface area contributed by atoms with E-state index in [0.717, 1.165) is 23.0 Å². The van der Waals surface area contributed by atoms with Crippen molar-refractivity contribution in [3.8, 4) is 0 Å². The van der Waals surface area contributed by atoms with E-state index in [9.17, 15) is 9.59 Å². The van der Waals surface area contributed by atoms with Crippen molar-refractivity contribution in [1.82, 2.24) is 19.9 Å². The highest BCUT2D eigenvalue weighted by molar-refractivity contribution is 5.77. The Hall–Kier alpha value is -2.89. The molecule has 3 aromatic rings. The molecular weight excluding hydrogens is 328 g/mol. The first-order valence-electron chi connectivity index (χ1n) is 8.91. The van der Waals surface area contributed by atoms with Crippen LogP contribution in [0.4, 0.5) is 0 Å². The third-order valence-electron chi connectivity index (χ3n) is 4.37. The molecule has 0 aliphatic rings. The second-order valence-corrected chi connectivity index (χ2v) is 6.88. The Balaban J connectivity index is 1.68. The van der Waals surface area contributed by atoms with Gasteiger partial charge in [0.05, 0.1) is 17.1 Å². The molecule has 0 spiro atoms. The van der Waals surface area contributed by atoms with Crippen LogP contribution in [-0.2, 0) is 11.3 Å². The molecule has 0 unspecified atom stereocenters. The number of pyridine rings is 1. The molecular formula is C20H24N4O2. The number of fused-ring (bicyclic) bond motifs is 1. The number of hydrogen-bond donors (Lipinski definition) is 2. The molecule has 0 aliphatic carbocycles. The van der Waals surface area contributed by atoms with Crippen molar-refractivity contribution < 1.29 is 4.79 Å². The summed E-state index contributed by atoms with van der Waals surface area (Å²) in [5.41, 5.74) is 2.41. The number of imidazole rings is 1. The highest BCUT2D eigenvalue weighted by Gasteiger charge is 2.17. The van der Waals surface area contributed by atoms with E-state index >= 15 is 0 Å². The summed E-state index contributed by atoms with van der Waals surface area (Å²) in [6, 6.07) is 11.3. The third-order valence-corrected chi connectivity index (χ3v) is 4.37. The number of para-hydroxylation sites is 2. The fraction of sp³-hybridized carbons (Fsp3) is 0.350. The first-order valence-corrected chi connectivity index (χ1v) is 8.91. The van der Waals surface area contributed by atoms with Crippen LogP contribution >= 0.6 is 0 Å². The molecule has 2 heterocycles. The summed E-state index contributed by atoms with van der Waals surface area (Å²) >= 11 is 0. The zero-order valence-electron chi connectivity index (χ0n) is 15.1. The number of H-pyrrole nitrogens is 1. The Morgan fingerprint density at radius 2 is 2.04 bits per heavy atom. The van der Waals surface area contributed by atoms with Crippen molar-refractivity contribution in [3.05, 3.63) is 64.8 Å². The van der Waals surface area contributed by atoms with Gasteiger partial charge in [-0.25, -0.2) is 4.79 Å². The topological polar surface area (TPSA) is 79.8 Å². The number of nitrogens with zero attached hydrogens (tertiary/aromatic N) is 2. The highest BCUT2D eigenvalue weighted by atomic mass is 16.2. The third kappa shape index (κ3) is 4.20. The van der Waals surface area contributed by atoms with Crippen molar-refractivity contribution >= 4 is 16.9 Å². The second kappa shape index (κ2) is 7.99. The van der Waals surface area contributed by atoms with Crippen LogP contribution in [-0.4, -0.2) is 20.4 Å². The number of aryl methyl sites for hydroxylation is 1. The van der Waals surface area contributed by atoms with Crippen LogP contribution in [0.1, 0.15) is 38.3 Å². The minimum Gasteiger partial charge on any atom is -0.349 e. The van der Waals surface area contributed by atoms with Crippen LogP contribution in [0.2, 0.25) is 0 Å². The number of aromatic nitrogens is 3. The van der Waals surface area contributed by atoms with Gasteiger partial charge in [-0.05, 0) is 36.1 Å². The number of carbonyl (C=O) groups is 1. The smallest absolute Gasteiger partial charge is 0.326 e. The van der Waals surface area contributed by atoms with Gasteiger partial charge in [0, 0.05) is 25.4 Å². The summed E-state index contributed by atoms with van der Waals surface area (Å²) in [6.07, 6.45) is 4.60. The zero-order valence-corrected chi connectivity index (χ0v) is 15.1. The second-order valence-electron chi connectivity index (χ2n) is 6.88. The molecule has 0 aliphatic heterocycles. The highest BCUT2D eigenvalue weighted by Crippen LogP contribution is 2.20. The van der Waals surface area contributed by atoms with Gasteiger partial charge in [0.1, 0.15) is 0 Å². The average molecular weight is 352 g/mol. The lowest BCUT2D eigenvalue weighted by Gasteiger charge is -2.21. The summed E-state index contributed by atoms with van der Waals surface area (Å²) in [4.78, 5) is 31.6. The van der Waals surface area contributed by atoms with Crippen LogP contribution in [0.3, 0.4) is 0 Å². The molecule has 0 radical (unpaired) electrons. The molecule has 3 rings (SSSR count). The first kappa shape index (κ1) is 17.9. The molecule has 6 heteroatoms. The number of nitrogens with one attached hydrogen (secondary N) is 2. The molecule has 26 heavy (non-hydrogen) atoms. The van der Waals surface area contributed by atoms with E-state index in [2.05, 4.69) is 29.1 Å². The average Bonchev–Trinajstić information content (AvgIpc) is 2.95. The summed E-state index contributed by atoms with van der Waals surface area (Å²) in [7, 11) is 0. The standard InChI is InChI=1S/C20H24N4O2/c1-14(2)12-17(15-6-5-10-21-13-15)22-19(25)9-11-24-18-8-4-3-7-16(18)23-20(24)26/h3-8,10,13-14,17H,9,11-12H2,1-2H3,(H,22,25)(H,23,26)/t17-/m1/s1. The molecule has 2 N–H and O–H groups in total. The molecule has 2 aromatic heterocycles. The molecule has 6 nitrogen and oxygen atoms in total. The van der Waals surface area contributed by atoms with Gasteiger partial charge in [-0.2, -0.15) is 0 Å². The fourth-order valence-electron chi connectivity index (χ4n) is 3.14. The predicted octanol–water partition coefficient (Wildman–Crippen LogP) is 3.02. The number of carbonyl (C=O) groups excluding carboxylic acids is 1. The predicted molar refractivity (Wildman–Crippen MR) is 102 cm³/mol. The van der Waals surface area contributed by atoms with Gasteiger partial charge in [-0.1, -0.05) is 32.0 Å². The minimum atomic E-state index is -0.190. The maximum absolute atomic E-state index is 12.5. The summed E-state index contributed by atoms with van der Waals surface area (Å²) in [6.45, 7) is 4.60. The number of benzene rings is 1. The van der Waals surface area contributed by atoms with E-state index in [1.807, 2.05) is 36.4 Å². The molecule has 1 aromatic carbocycles. The van der Waals surface area contributed by atoms with E-state index < -0.39 is 0 Å². The van der Waals surface area contributed by atoms with E-state index in [0.29, 0.717) is 12.5 Å². The molecule has 1 atom stereocenters. The van der Waals surface area contributed by atoms with Crippen LogP contribution in [0.5, 0.6) is 0 Å². The Kier molecular flexibility index (Phi) is 5.51. The van der Waals surface area contributed by atoms with Gasteiger partial charge >= 0.3 is 5.69 Å². The van der Waals surface area contributed by atoms with Crippen LogP contribution in [0.15, 0.2) is 53.6 Å². The first-order chi connectivity index (χ1) is 12.5. The van der Waals surface area contributed by atoms with Crippen molar-refractivity contribution in [1.29, 1.82) is 0 Å². The van der Waals surface area contributed by atoms with E-state index in [1.54, 1.807) is 17.0 Å². The van der Waals surface area contributed by atoms with Crippen LogP contribution in [0.25, 0.3) is 11.0 Å². The zero-order chi connectivity index (χ0) is 18.5. The maximum atomic E-state index is 12.5. The van der Waals surface area contributed by atoms with Crippen molar-refractivity contribution in [3.63, 3.8) is 0 Å². The summed E-state index contributed by atoms with van der Waals surface area (Å²) in [5.74, 6) is 0.369. The molecule has 0 bridgehead atoms. The number of amides is 1. The molecule has 1 amide bonds. The molecule has 136 valence electrons. The largest absolute Gasteiger partial charge is 0.349 e. The SMILES string of the molecule is CC(C)C[C@@H](NC(=O)CCn1c(=O)[nH]c2ccccc21)c1cccnc1. The quantitative estimate of drug-likeness (QED) is 0.686. The Morgan fingerprint density at radius 3 is 2.77 bits per heavy atom. The van der Waals surface area contributed by atoms with Crippen LogP contribution in [0, 0.1) is 5.92 Å². The molecule has 0 saturated heterocycles. The fourth-order valence-corrected chi connectivity index (χ4v) is 3.14. The summed E-state index contributed by atoms with van der Waals surface area (Å²) < 4.78 is 1.61. The number of rotatable bonds is 7. The molecule has 0 fully saturated rings. The van der Waals surface area contributed by atoms with E-state index in [1.165, 1.54) is 0 Å². The van der Waals surface area contributed by atoms with E-state index in [4.69, 9.17) is 0 Å². The monoisotopic (exact) mass is 352 g/mol. The van der Waals surface area contributed by atoms with Crippen LogP contribution < -0.4 is 11.0 Å². The van der Waals surface area contributed by atoms with Gasteiger partial charge in [0.2, 0.25) is 5.91 Å². The van der Waals surface area contributed by atoms with Gasteiger partial charge in [-0.3, -0.25) is 14.3 Å². The lowest BCUT2D eigenvalue weighted by molar-refractivity contribution is -0.122. The van der Waals surface area contributed by atoms with E-state index in [-0.39, 0.29) is 24.1 Å². The summed E-state index contributed by atoms with van der Waals surface area (Å²) in [5, 5.41) is 3.09. The normalized spacial score (nSPS) is 12.4. The lowest BCUT2D eigenvalue weighted by atomic mass is 9.98. The van der Waals surface area contributed by atoms with Gasteiger partial charge in [0.15, 0.2) is 0 Å². The Labute approximate surface area is 152 Å². The Morgan fingerprint density at radius 1 is 1.23 bits per heavy atom. The van der Waals surface area contributed by atoms with Gasteiger partial charge in [-0.15, -0.1) is 0 Å². The van der Waals surface area contributed by atoms with Crippen molar-refractivity contribution in [2.45, 2.75) is 39.3 Å². The maximum Gasteiger partial charge on any atom is 0.326 e. The minimum absolute atomic E-state index is 0.0725. The van der Waals surface area contributed by atoms with Gasteiger partial charge in [0.25, 0.3) is 0 Å². The molecule has 0 saturated carbocycles. The number of aromatic amines is 1. The van der Waals surface area contributed by atoms with Gasteiger partial charge < -0.3 is 10.3 Å². The van der Waals surface area contributed by atoms with Crippen molar-refractivity contribution in [2.75, 3.05) is 0 Å². The number of hydrogen-bond acceptors (Lipinski definition) is 3. The Bertz CT molecular complexity index is 928.